The number of carbonyl (C=O) groups excluding carboxylic acids is 1. The van der Waals surface area contributed by atoms with Gasteiger partial charge in [0.1, 0.15) is 13.2 Å². The summed E-state index contributed by atoms with van der Waals surface area (Å²) in [7, 11) is 1.25. The summed E-state index contributed by atoms with van der Waals surface area (Å²) in [5, 5.41) is 13.9. The minimum atomic E-state index is -4.61. The summed E-state index contributed by atoms with van der Waals surface area (Å²) >= 11 is 0. The number of allylic oxidation sites excluding steroid dienone is 5. The number of carbonyl (C=O) groups is 1. The van der Waals surface area contributed by atoms with Crippen molar-refractivity contribution in [1.82, 2.24) is 5.32 Å². The van der Waals surface area contributed by atoms with E-state index >= 15 is 0 Å². The van der Waals surface area contributed by atoms with Crippen LogP contribution in [0.4, 0.5) is 0 Å². The second kappa shape index (κ2) is 53.5. The fraction of sp³-hybridized carbons (Fsp3) is 0.887. The summed E-state index contributed by atoms with van der Waals surface area (Å²) in [6.07, 6.45) is 69.6. The highest BCUT2D eigenvalue weighted by Crippen LogP contribution is 2.38. The summed E-state index contributed by atoms with van der Waals surface area (Å²) in [6, 6.07) is -0.906. The minimum Gasteiger partial charge on any atom is -0.756 e. The quantitative estimate of drug-likeness (QED) is 0.0272. The maximum Gasteiger partial charge on any atom is 0.268 e. The number of amides is 1. The molecule has 8 nitrogen and oxygen atoms in total. The van der Waals surface area contributed by atoms with E-state index in [0.29, 0.717) is 17.4 Å². The van der Waals surface area contributed by atoms with E-state index in [1.165, 1.54) is 244 Å². The lowest BCUT2D eigenvalue weighted by Gasteiger charge is -2.29. The van der Waals surface area contributed by atoms with E-state index in [2.05, 4.69) is 43.5 Å². The van der Waals surface area contributed by atoms with Gasteiger partial charge in [-0.15, -0.1) is 0 Å². The zero-order valence-electron chi connectivity index (χ0n) is 47.9. The number of unbranched alkanes of at least 4 members (excludes halogenated alkanes) is 40. The van der Waals surface area contributed by atoms with E-state index in [-0.39, 0.29) is 12.5 Å². The summed E-state index contributed by atoms with van der Waals surface area (Å²) in [4.78, 5) is 25.5. The predicted molar refractivity (Wildman–Crippen MR) is 307 cm³/mol. The zero-order chi connectivity index (χ0) is 52.0. The molecule has 0 radical (unpaired) electrons. The molecule has 0 aliphatic carbocycles. The lowest BCUT2D eigenvalue weighted by Crippen LogP contribution is -2.45. The van der Waals surface area contributed by atoms with Crippen LogP contribution in [0.2, 0.25) is 0 Å². The van der Waals surface area contributed by atoms with Gasteiger partial charge in [-0.05, 0) is 57.8 Å². The molecule has 420 valence electrons. The first-order chi connectivity index (χ1) is 34.5. The van der Waals surface area contributed by atoms with E-state index in [0.717, 1.165) is 38.5 Å². The highest BCUT2D eigenvalue weighted by Gasteiger charge is 2.23. The topological polar surface area (TPSA) is 108 Å². The molecule has 3 atom stereocenters. The molecular weight excluding hydrogens is 900 g/mol. The molecule has 0 rings (SSSR count). The van der Waals surface area contributed by atoms with Crippen LogP contribution in [0, 0.1) is 0 Å². The molecule has 0 fully saturated rings. The molecule has 1 amide bonds. The third-order valence-electron chi connectivity index (χ3n) is 14.1. The van der Waals surface area contributed by atoms with Gasteiger partial charge in [0, 0.05) is 6.42 Å². The number of likely N-dealkylation sites (N-methyl/N-ethyl adjacent to an activating group) is 1. The van der Waals surface area contributed by atoms with Crippen molar-refractivity contribution in [3.63, 3.8) is 0 Å². The van der Waals surface area contributed by atoms with Crippen LogP contribution in [-0.4, -0.2) is 68.5 Å². The molecular formula is C62H121N2O6P. The van der Waals surface area contributed by atoms with Gasteiger partial charge in [0.05, 0.1) is 39.9 Å². The third kappa shape index (κ3) is 56.3. The van der Waals surface area contributed by atoms with Gasteiger partial charge in [-0.25, -0.2) is 0 Å². The normalized spacial score (nSPS) is 14.1. The number of aliphatic hydroxyl groups is 1. The number of nitrogens with zero attached hydrogens (tertiary/aromatic N) is 1. The summed E-state index contributed by atoms with van der Waals surface area (Å²) < 4.78 is 23.3. The Morgan fingerprint density at radius 2 is 0.789 bits per heavy atom. The lowest BCUT2D eigenvalue weighted by atomic mass is 10.0. The van der Waals surface area contributed by atoms with Crippen LogP contribution in [0.15, 0.2) is 36.5 Å². The SMILES string of the molecule is CCCCCCCCC/C=C\CCCCCCCCCC(=O)NC(COP(=O)([O-])OCC[N+](C)(C)C)C(O)/C=C/CC/C=C/CCCCCCCCCCCCCCCCCCCCCCCCCCC. The Morgan fingerprint density at radius 1 is 0.479 bits per heavy atom. The van der Waals surface area contributed by atoms with Crippen LogP contribution < -0.4 is 10.2 Å². The van der Waals surface area contributed by atoms with Crippen LogP contribution >= 0.6 is 7.82 Å². The number of rotatable bonds is 57. The van der Waals surface area contributed by atoms with Crippen molar-refractivity contribution in [3.05, 3.63) is 36.5 Å². The van der Waals surface area contributed by atoms with E-state index in [1.54, 1.807) is 6.08 Å². The maximum absolute atomic E-state index is 13.0. The number of quaternary nitrogens is 1. The summed E-state index contributed by atoms with van der Waals surface area (Å²) in [6.45, 7) is 4.66. The molecule has 0 aromatic rings. The van der Waals surface area contributed by atoms with Crippen LogP contribution in [-0.2, 0) is 18.4 Å². The molecule has 0 spiro atoms. The van der Waals surface area contributed by atoms with Crippen molar-refractivity contribution >= 4 is 13.7 Å². The van der Waals surface area contributed by atoms with Crippen molar-refractivity contribution in [3.8, 4) is 0 Å². The third-order valence-corrected chi connectivity index (χ3v) is 15.0. The van der Waals surface area contributed by atoms with Gasteiger partial charge in [0.2, 0.25) is 5.91 Å². The standard InChI is InChI=1S/C62H121N2O6P/c1-6-8-10-12-14-16-18-20-22-24-26-27-28-29-30-31-32-33-34-35-36-37-38-39-41-43-45-47-49-51-53-55-61(65)60(59-70-71(67,68)69-58-57-64(3,4)5)63-62(66)56-54-52-50-48-46-44-42-40-25-23-21-19-17-15-13-11-9-7-2/h23,25,45,47,53,55,60-61,65H,6-22,24,26-44,46,48-52,54,56-59H2,1-5H3,(H-,63,66,67,68)/b25-23-,47-45+,55-53+. The molecule has 0 bridgehead atoms. The van der Waals surface area contributed by atoms with Gasteiger partial charge in [0.15, 0.2) is 0 Å². The van der Waals surface area contributed by atoms with Gasteiger partial charge < -0.3 is 28.8 Å². The molecule has 0 aliphatic rings. The van der Waals surface area contributed by atoms with E-state index in [4.69, 9.17) is 9.05 Å². The number of aliphatic hydroxyl groups excluding tert-OH is 1. The smallest absolute Gasteiger partial charge is 0.268 e. The van der Waals surface area contributed by atoms with Gasteiger partial charge in [-0.1, -0.05) is 275 Å². The Bertz CT molecular complexity index is 1250. The van der Waals surface area contributed by atoms with E-state index < -0.39 is 26.6 Å². The minimum absolute atomic E-state index is 0.00658. The Hall–Kier alpha value is -1.28. The molecule has 0 aromatic heterocycles. The average molecular weight is 1020 g/mol. The van der Waals surface area contributed by atoms with Crippen molar-refractivity contribution < 1.29 is 32.9 Å². The number of phosphoric ester groups is 1. The number of nitrogens with one attached hydrogen (secondary N) is 1. The Balaban J connectivity index is 4.14. The Kier molecular flexibility index (Phi) is 52.6. The number of phosphoric acid groups is 1. The average Bonchev–Trinajstić information content (AvgIpc) is 3.33. The highest BCUT2D eigenvalue weighted by molar-refractivity contribution is 7.45. The van der Waals surface area contributed by atoms with Crippen LogP contribution in [0.5, 0.6) is 0 Å². The monoisotopic (exact) mass is 1020 g/mol. The highest BCUT2D eigenvalue weighted by atomic mass is 31.2. The van der Waals surface area contributed by atoms with Crippen LogP contribution in [0.3, 0.4) is 0 Å². The molecule has 0 aliphatic heterocycles. The van der Waals surface area contributed by atoms with Crippen LogP contribution in [0.1, 0.15) is 303 Å². The van der Waals surface area contributed by atoms with Crippen molar-refractivity contribution in [2.45, 2.75) is 315 Å². The van der Waals surface area contributed by atoms with Crippen molar-refractivity contribution in [1.29, 1.82) is 0 Å². The largest absolute Gasteiger partial charge is 0.756 e. The van der Waals surface area contributed by atoms with E-state index in [9.17, 15) is 19.4 Å². The molecule has 71 heavy (non-hydrogen) atoms. The number of hydrogen-bond acceptors (Lipinski definition) is 6. The first-order valence-electron chi connectivity index (χ1n) is 30.9. The lowest BCUT2D eigenvalue weighted by molar-refractivity contribution is -0.870. The van der Waals surface area contributed by atoms with Gasteiger partial charge >= 0.3 is 0 Å². The van der Waals surface area contributed by atoms with Gasteiger partial charge in [-0.3, -0.25) is 9.36 Å². The van der Waals surface area contributed by atoms with Gasteiger partial charge in [0.25, 0.3) is 7.82 Å². The molecule has 3 unspecified atom stereocenters. The molecule has 2 N–H and O–H groups in total. The molecule has 0 heterocycles. The first kappa shape index (κ1) is 69.7. The Labute approximate surface area is 442 Å². The second-order valence-electron chi connectivity index (χ2n) is 22.4. The number of hydrogen-bond donors (Lipinski definition) is 2. The molecule has 9 heteroatoms. The fourth-order valence-electron chi connectivity index (χ4n) is 9.23. The van der Waals surface area contributed by atoms with Crippen LogP contribution in [0.25, 0.3) is 0 Å². The van der Waals surface area contributed by atoms with Gasteiger partial charge in [-0.2, -0.15) is 0 Å². The Morgan fingerprint density at radius 3 is 1.14 bits per heavy atom. The molecule has 0 aromatic carbocycles. The predicted octanol–water partition coefficient (Wildman–Crippen LogP) is 18.3. The summed E-state index contributed by atoms with van der Waals surface area (Å²) in [5.41, 5.74) is 0. The fourth-order valence-corrected chi connectivity index (χ4v) is 9.95. The van der Waals surface area contributed by atoms with Crippen molar-refractivity contribution in [2.75, 3.05) is 40.9 Å². The zero-order valence-corrected chi connectivity index (χ0v) is 48.8. The van der Waals surface area contributed by atoms with E-state index in [1.807, 2.05) is 27.2 Å². The second-order valence-corrected chi connectivity index (χ2v) is 23.8. The van der Waals surface area contributed by atoms with Crippen molar-refractivity contribution in [2.24, 2.45) is 0 Å². The first-order valence-corrected chi connectivity index (χ1v) is 32.3. The molecule has 0 saturated heterocycles. The summed E-state index contributed by atoms with van der Waals surface area (Å²) in [5.74, 6) is -0.208. The molecule has 0 saturated carbocycles. The maximum atomic E-state index is 13.0.